The number of ether oxygens (including phenoxy) is 1. The third-order valence-electron chi connectivity index (χ3n) is 4.05. The van der Waals surface area contributed by atoms with Crippen LogP contribution in [-0.2, 0) is 0 Å². The van der Waals surface area contributed by atoms with Gasteiger partial charge in [-0.05, 0) is 42.0 Å². The fourth-order valence-corrected chi connectivity index (χ4v) is 3.29. The summed E-state index contributed by atoms with van der Waals surface area (Å²) in [5.41, 5.74) is 1.85. The Morgan fingerprint density at radius 3 is 2.70 bits per heavy atom. The third-order valence-corrected chi connectivity index (χ3v) is 4.52. The molecule has 0 radical (unpaired) electrons. The lowest BCUT2D eigenvalue weighted by Gasteiger charge is -2.25. The lowest BCUT2D eigenvalue weighted by atomic mass is 10.0. The average Bonchev–Trinajstić information content (AvgIpc) is 3.09. The molecule has 1 aromatic heterocycles. The van der Waals surface area contributed by atoms with E-state index < -0.39 is 6.61 Å². The van der Waals surface area contributed by atoms with Crippen LogP contribution in [-0.4, -0.2) is 21.4 Å². The highest BCUT2D eigenvalue weighted by molar-refractivity contribution is 6.31. The number of halogens is 4. The predicted octanol–water partition coefficient (Wildman–Crippen LogP) is 5.24. The van der Waals surface area contributed by atoms with Crippen molar-refractivity contribution in [3.05, 3.63) is 76.0 Å². The molecule has 9 heteroatoms. The normalized spacial score (nSPS) is 15.9. The second kappa shape index (κ2) is 7.17. The van der Waals surface area contributed by atoms with Gasteiger partial charge in [0.2, 0.25) is 5.95 Å². The Morgan fingerprint density at radius 2 is 1.93 bits per heavy atom. The first-order chi connectivity index (χ1) is 13.0. The SMILES string of the molecule is FC(F)Oc1cc(Cl)ccc1C1=C[C@@H](c2cccc(Cl)c2)n2ncnc2N1. The Bertz CT molecular complexity index is 1020. The fraction of sp³-hybridized carbons (Fsp3) is 0.111. The van der Waals surface area contributed by atoms with Crippen molar-refractivity contribution in [1.29, 1.82) is 0 Å². The largest absolute Gasteiger partial charge is 0.434 e. The minimum Gasteiger partial charge on any atom is -0.434 e. The molecule has 0 saturated carbocycles. The van der Waals surface area contributed by atoms with Crippen LogP contribution >= 0.6 is 23.2 Å². The highest BCUT2D eigenvalue weighted by Gasteiger charge is 2.25. The topological polar surface area (TPSA) is 52.0 Å². The summed E-state index contributed by atoms with van der Waals surface area (Å²) < 4.78 is 32.0. The molecule has 0 amide bonds. The molecule has 0 fully saturated rings. The van der Waals surface area contributed by atoms with Crippen LogP contribution in [0.15, 0.2) is 54.9 Å². The summed E-state index contributed by atoms with van der Waals surface area (Å²) in [7, 11) is 0. The van der Waals surface area contributed by atoms with Crippen molar-refractivity contribution in [1.82, 2.24) is 14.8 Å². The lowest BCUT2D eigenvalue weighted by molar-refractivity contribution is -0.0500. The molecule has 1 aliphatic heterocycles. The highest BCUT2D eigenvalue weighted by atomic mass is 35.5. The van der Waals surface area contributed by atoms with E-state index in [0.717, 1.165) is 5.56 Å². The van der Waals surface area contributed by atoms with E-state index in [4.69, 9.17) is 23.2 Å². The van der Waals surface area contributed by atoms with E-state index in [1.165, 1.54) is 12.4 Å². The quantitative estimate of drug-likeness (QED) is 0.640. The number of nitrogens with one attached hydrogen (secondary N) is 1. The van der Waals surface area contributed by atoms with Gasteiger partial charge in [0.1, 0.15) is 18.1 Å². The van der Waals surface area contributed by atoms with Crippen LogP contribution in [0.4, 0.5) is 14.7 Å². The Kier molecular flexibility index (Phi) is 4.72. The second-order valence-corrected chi connectivity index (χ2v) is 6.63. The van der Waals surface area contributed by atoms with Gasteiger partial charge in [-0.2, -0.15) is 18.9 Å². The zero-order chi connectivity index (χ0) is 19.0. The van der Waals surface area contributed by atoms with Gasteiger partial charge < -0.3 is 10.1 Å². The van der Waals surface area contributed by atoms with Crippen molar-refractivity contribution in [3.8, 4) is 5.75 Å². The summed E-state index contributed by atoms with van der Waals surface area (Å²) in [5, 5.41) is 8.20. The summed E-state index contributed by atoms with van der Waals surface area (Å²) in [6.45, 7) is -2.97. The summed E-state index contributed by atoms with van der Waals surface area (Å²) in [6.07, 6.45) is 3.25. The van der Waals surface area contributed by atoms with E-state index in [2.05, 4.69) is 20.1 Å². The minimum atomic E-state index is -2.97. The van der Waals surface area contributed by atoms with Crippen LogP contribution in [0, 0.1) is 0 Å². The highest BCUT2D eigenvalue weighted by Crippen LogP contribution is 2.37. The molecule has 3 aromatic rings. The van der Waals surface area contributed by atoms with Gasteiger partial charge in [0.15, 0.2) is 0 Å². The van der Waals surface area contributed by atoms with Gasteiger partial charge >= 0.3 is 6.61 Å². The van der Waals surface area contributed by atoms with Crippen LogP contribution in [0.3, 0.4) is 0 Å². The van der Waals surface area contributed by atoms with Gasteiger partial charge in [0, 0.05) is 15.6 Å². The van der Waals surface area contributed by atoms with Crippen LogP contribution in [0.1, 0.15) is 17.2 Å². The molecule has 27 heavy (non-hydrogen) atoms. The van der Waals surface area contributed by atoms with Crippen LogP contribution in [0.5, 0.6) is 5.75 Å². The average molecular weight is 409 g/mol. The first kappa shape index (κ1) is 17.8. The molecule has 1 aliphatic rings. The number of hydrogen-bond donors (Lipinski definition) is 1. The number of fused-ring (bicyclic) bond motifs is 1. The summed E-state index contributed by atoms with van der Waals surface area (Å²) in [5.74, 6) is 0.435. The molecule has 0 unspecified atom stereocenters. The molecule has 0 spiro atoms. The Hall–Kier alpha value is -2.64. The van der Waals surface area contributed by atoms with Crippen LogP contribution in [0.25, 0.3) is 5.70 Å². The van der Waals surface area contributed by atoms with Crippen molar-refractivity contribution in [2.75, 3.05) is 5.32 Å². The molecule has 1 atom stereocenters. The molecule has 138 valence electrons. The van der Waals surface area contributed by atoms with Gasteiger partial charge in [-0.3, -0.25) is 0 Å². The Morgan fingerprint density at radius 1 is 1.11 bits per heavy atom. The number of anilines is 1. The van der Waals surface area contributed by atoms with Crippen LogP contribution in [0.2, 0.25) is 10.0 Å². The standard InChI is InChI=1S/C18H12Cl2F2N4O/c19-11-3-1-2-10(6-11)15-8-14(25-18-23-9-24-26(15)18)13-5-4-12(20)7-16(13)27-17(21)22/h1-9,15,17H,(H,23,24,25)/t15-/m0/s1. The Balaban J connectivity index is 1.82. The van der Waals surface area contributed by atoms with Crippen molar-refractivity contribution in [2.45, 2.75) is 12.7 Å². The van der Waals surface area contributed by atoms with E-state index in [1.807, 2.05) is 24.3 Å². The third kappa shape index (κ3) is 3.61. The van der Waals surface area contributed by atoms with E-state index in [0.29, 0.717) is 27.3 Å². The van der Waals surface area contributed by atoms with E-state index in [-0.39, 0.29) is 11.8 Å². The van der Waals surface area contributed by atoms with Gasteiger partial charge in [-0.1, -0.05) is 35.3 Å². The number of hydrogen-bond acceptors (Lipinski definition) is 4. The van der Waals surface area contributed by atoms with Crippen molar-refractivity contribution in [2.24, 2.45) is 0 Å². The zero-order valence-corrected chi connectivity index (χ0v) is 15.1. The zero-order valence-electron chi connectivity index (χ0n) is 13.6. The van der Waals surface area contributed by atoms with Crippen molar-refractivity contribution in [3.63, 3.8) is 0 Å². The maximum absolute atomic E-state index is 12.8. The number of alkyl halides is 2. The molecular formula is C18H12Cl2F2N4O. The minimum absolute atomic E-state index is 0.0333. The van der Waals surface area contributed by atoms with Crippen LogP contribution < -0.4 is 10.1 Å². The number of allylic oxidation sites excluding steroid dienone is 1. The maximum Gasteiger partial charge on any atom is 0.387 e. The number of nitrogens with zero attached hydrogens (tertiary/aromatic N) is 3. The van der Waals surface area contributed by atoms with E-state index >= 15 is 0 Å². The molecule has 0 saturated heterocycles. The van der Waals surface area contributed by atoms with Crippen molar-refractivity contribution >= 4 is 34.8 Å². The molecule has 1 N–H and O–H groups in total. The Labute approximate surface area is 163 Å². The lowest BCUT2D eigenvalue weighted by Crippen LogP contribution is -2.20. The summed E-state index contributed by atoms with van der Waals surface area (Å²) in [6, 6.07) is 11.6. The molecule has 5 nitrogen and oxygen atoms in total. The van der Waals surface area contributed by atoms with E-state index in [9.17, 15) is 8.78 Å². The predicted molar refractivity (Wildman–Crippen MR) is 99.3 cm³/mol. The first-order valence-corrected chi connectivity index (χ1v) is 8.65. The maximum atomic E-state index is 12.8. The van der Waals surface area contributed by atoms with E-state index in [1.54, 1.807) is 22.9 Å². The number of aromatic nitrogens is 3. The van der Waals surface area contributed by atoms with Gasteiger partial charge in [0.25, 0.3) is 0 Å². The van der Waals surface area contributed by atoms with Gasteiger partial charge in [0.05, 0.1) is 5.70 Å². The number of benzene rings is 2. The molecule has 4 rings (SSSR count). The molecular weight excluding hydrogens is 397 g/mol. The van der Waals surface area contributed by atoms with Crippen molar-refractivity contribution < 1.29 is 13.5 Å². The smallest absolute Gasteiger partial charge is 0.387 e. The summed E-state index contributed by atoms with van der Waals surface area (Å²) in [4.78, 5) is 4.19. The number of rotatable bonds is 4. The molecule has 0 aliphatic carbocycles. The summed E-state index contributed by atoms with van der Waals surface area (Å²) >= 11 is 12.1. The molecule has 2 aromatic carbocycles. The second-order valence-electron chi connectivity index (χ2n) is 5.75. The molecule has 2 heterocycles. The van der Waals surface area contributed by atoms with Gasteiger partial charge in [-0.15, -0.1) is 0 Å². The van der Waals surface area contributed by atoms with Gasteiger partial charge in [-0.25, -0.2) is 4.68 Å². The fourth-order valence-electron chi connectivity index (χ4n) is 2.93. The monoisotopic (exact) mass is 408 g/mol. The first-order valence-electron chi connectivity index (χ1n) is 7.90. The molecule has 0 bridgehead atoms.